The van der Waals surface area contributed by atoms with E-state index in [1.54, 1.807) is 6.92 Å². The molecule has 1 aromatic carbocycles. The summed E-state index contributed by atoms with van der Waals surface area (Å²) in [5.41, 5.74) is 0.935. The molecule has 1 N–H and O–H groups in total. The van der Waals surface area contributed by atoms with Crippen molar-refractivity contribution in [1.29, 1.82) is 0 Å². The summed E-state index contributed by atoms with van der Waals surface area (Å²) in [4.78, 5) is 10.5. The Morgan fingerprint density at radius 2 is 2.00 bits per heavy atom. The monoisotopic (exact) mass is 374 g/mol. The van der Waals surface area contributed by atoms with Gasteiger partial charge in [0.05, 0.1) is 8.95 Å². The lowest BCUT2D eigenvalue weighted by molar-refractivity contribution is -0.136. The number of aliphatic carboxylic acids is 1. The Morgan fingerprint density at radius 1 is 1.39 bits per heavy atom. The molecule has 1 rings (SSSR count). The summed E-state index contributed by atoms with van der Waals surface area (Å²) in [6, 6.07) is 3.73. The Balaban J connectivity index is 2.82. The molecule has 0 heterocycles. The minimum Gasteiger partial charge on any atom is -0.481 e. The first-order valence-electron chi connectivity index (χ1n) is 5.26. The van der Waals surface area contributed by atoms with Crippen LogP contribution in [0.2, 0.25) is 0 Å². The van der Waals surface area contributed by atoms with E-state index in [1.165, 1.54) is 0 Å². The van der Waals surface area contributed by atoms with E-state index in [9.17, 15) is 4.79 Å². The van der Waals surface area contributed by atoms with Crippen LogP contribution < -0.4 is 4.74 Å². The fraction of sp³-hybridized carbons (Fsp3) is 0.308. The van der Waals surface area contributed by atoms with Crippen molar-refractivity contribution in [3.63, 3.8) is 0 Å². The summed E-state index contributed by atoms with van der Waals surface area (Å²) in [5, 5.41) is 8.65. The topological polar surface area (TPSA) is 46.5 Å². The van der Waals surface area contributed by atoms with Gasteiger partial charge >= 0.3 is 5.97 Å². The van der Waals surface area contributed by atoms with Gasteiger partial charge in [0.15, 0.2) is 0 Å². The van der Waals surface area contributed by atoms with Crippen LogP contribution in [0.15, 0.2) is 21.1 Å². The highest BCUT2D eigenvalue weighted by atomic mass is 79.9. The molecule has 0 aliphatic heterocycles. The number of hydrogen-bond donors (Lipinski definition) is 1. The molecule has 0 bridgehead atoms. The van der Waals surface area contributed by atoms with Gasteiger partial charge in [-0.05, 0) is 62.9 Å². The van der Waals surface area contributed by atoms with Gasteiger partial charge < -0.3 is 9.84 Å². The van der Waals surface area contributed by atoms with Crippen LogP contribution in [0.3, 0.4) is 0 Å². The average Bonchev–Trinajstić information content (AvgIpc) is 2.30. The number of carboxylic acid groups (broad SMARTS) is 1. The minimum absolute atomic E-state index is 0.112. The van der Waals surface area contributed by atoms with Crippen molar-refractivity contribution in [2.24, 2.45) is 0 Å². The molecular weight excluding hydrogens is 364 g/mol. The molecule has 5 heteroatoms. The number of halogens is 2. The molecule has 0 saturated carbocycles. The van der Waals surface area contributed by atoms with Crippen molar-refractivity contribution in [3.8, 4) is 17.6 Å². The standard InChI is InChI=1S/C13H12Br2O3/c1-2-3-6-18-13-10(14)7-9(8-11(13)15)4-5-12(16)17/h7-8H,4-6H2,1H3,(H,16,17). The van der Waals surface area contributed by atoms with E-state index in [0.717, 1.165) is 14.5 Å². The van der Waals surface area contributed by atoms with Crippen LogP contribution in [0.5, 0.6) is 5.75 Å². The van der Waals surface area contributed by atoms with Crippen molar-refractivity contribution in [1.82, 2.24) is 0 Å². The lowest BCUT2D eigenvalue weighted by atomic mass is 10.1. The molecule has 0 aliphatic rings. The lowest BCUT2D eigenvalue weighted by Gasteiger charge is -2.10. The fourth-order valence-corrected chi connectivity index (χ4v) is 2.84. The smallest absolute Gasteiger partial charge is 0.303 e. The minimum atomic E-state index is -0.805. The van der Waals surface area contributed by atoms with Crippen molar-refractivity contribution in [2.45, 2.75) is 19.8 Å². The number of ether oxygens (including phenoxy) is 1. The van der Waals surface area contributed by atoms with E-state index in [2.05, 4.69) is 43.7 Å². The molecule has 0 spiro atoms. The zero-order chi connectivity index (χ0) is 13.5. The normalized spacial score (nSPS) is 9.50. The summed E-state index contributed by atoms with van der Waals surface area (Å²) in [7, 11) is 0. The van der Waals surface area contributed by atoms with Gasteiger partial charge in [0.2, 0.25) is 0 Å². The zero-order valence-electron chi connectivity index (χ0n) is 9.80. The number of carboxylic acids is 1. The fourth-order valence-electron chi connectivity index (χ4n) is 1.33. The Bertz CT molecular complexity index is 478. The van der Waals surface area contributed by atoms with Gasteiger partial charge in [-0.1, -0.05) is 5.92 Å². The second-order valence-electron chi connectivity index (χ2n) is 3.50. The van der Waals surface area contributed by atoms with Gasteiger partial charge in [0.25, 0.3) is 0 Å². The Hall–Kier alpha value is -0.990. The van der Waals surface area contributed by atoms with Gasteiger partial charge in [-0.3, -0.25) is 4.79 Å². The molecule has 0 saturated heterocycles. The number of rotatable bonds is 5. The third-order valence-electron chi connectivity index (χ3n) is 2.15. The second kappa shape index (κ2) is 7.45. The van der Waals surface area contributed by atoms with Crippen LogP contribution in [0, 0.1) is 11.8 Å². The van der Waals surface area contributed by atoms with Crippen LogP contribution in [0.25, 0.3) is 0 Å². The molecule has 18 heavy (non-hydrogen) atoms. The Kier molecular flexibility index (Phi) is 6.23. The molecular formula is C13H12Br2O3. The third kappa shape index (κ3) is 4.71. The second-order valence-corrected chi connectivity index (χ2v) is 5.21. The summed E-state index contributed by atoms with van der Waals surface area (Å²) >= 11 is 6.81. The number of benzene rings is 1. The van der Waals surface area contributed by atoms with E-state index < -0.39 is 5.97 Å². The van der Waals surface area contributed by atoms with Gasteiger partial charge in [-0.15, -0.1) is 5.92 Å². The first-order valence-corrected chi connectivity index (χ1v) is 6.85. The van der Waals surface area contributed by atoms with Crippen LogP contribution in [0.1, 0.15) is 18.9 Å². The quantitative estimate of drug-likeness (QED) is 0.799. The average molecular weight is 376 g/mol. The van der Waals surface area contributed by atoms with Crippen molar-refractivity contribution in [3.05, 3.63) is 26.6 Å². The SMILES string of the molecule is CC#CCOc1c(Br)cc(CCC(=O)O)cc1Br. The summed E-state index contributed by atoms with van der Waals surface area (Å²) < 4.78 is 7.08. The summed E-state index contributed by atoms with van der Waals surface area (Å²) in [5.74, 6) is 5.44. The predicted octanol–water partition coefficient (Wildman–Crippen LogP) is 3.63. The molecule has 0 aliphatic carbocycles. The molecule has 0 radical (unpaired) electrons. The third-order valence-corrected chi connectivity index (χ3v) is 3.33. The maximum atomic E-state index is 10.5. The zero-order valence-corrected chi connectivity index (χ0v) is 13.0. The summed E-state index contributed by atoms with van der Waals surface area (Å²) in [6.07, 6.45) is 0.599. The predicted molar refractivity (Wildman–Crippen MR) is 76.7 cm³/mol. The van der Waals surface area contributed by atoms with E-state index in [-0.39, 0.29) is 6.42 Å². The maximum Gasteiger partial charge on any atom is 0.303 e. The van der Waals surface area contributed by atoms with Gasteiger partial charge in [-0.25, -0.2) is 0 Å². The van der Waals surface area contributed by atoms with Crippen molar-refractivity contribution < 1.29 is 14.6 Å². The first-order chi connectivity index (χ1) is 8.54. The number of aryl methyl sites for hydroxylation is 1. The molecule has 96 valence electrons. The molecule has 1 aromatic rings. The highest BCUT2D eigenvalue weighted by Gasteiger charge is 2.09. The van der Waals surface area contributed by atoms with Gasteiger partial charge in [0.1, 0.15) is 12.4 Å². The number of carbonyl (C=O) groups is 1. The van der Waals surface area contributed by atoms with Crippen LogP contribution in [-0.2, 0) is 11.2 Å². The van der Waals surface area contributed by atoms with Crippen molar-refractivity contribution in [2.75, 3.05) is 6.61 Å². The van der Waals surface area contributed by atoms with Gasteiger partial charge in [0, 0.05) is 6.42 Å². The van der Waals surface area contributed by atoms with E-state index >= 15 is 0 Å². The Morgan fingerprint density at radius 3 is 2.50 bits per heavy atom. The number of hydrogen-bond acceptors (Lipinski definition) is 2. The summed E-state index contributed by atoms with van der Waals surface area (Å²) in [6.45, 7) is 2.07. The molecule has 0 atom stereocenters. The van der Waals surface area contributed by atoms with Crippen LogP contribution >= 0.6 is 31.9 Å². The largest absolute Gasteiger partial charge is 0.481 e. The molecule has 0 amide bonds. The lowest BCUT2D eigenvalue weighted by Crippen LogP contribution is -1.99. The highest BCUT2D eigenvalue weighted by Crippen LogP contribution is 2.35. The van der Waals surface area contributed by atoms with E-state index in [1.807, 2.05) is 12.1 Å². The van der Waals surface area contributed by atoms with Crippen LogP contribution in [-0.4, -0.2) is 17.7 Å². The molecule has 0 unspecified atom stereocenters. The first kappa shape index (κ1) is 15.1. The maximum absolute atomic E-state index is 10.5. The molecule has 0 fully saturated rings. The highest BCUT2D eigenvalue weighted by molar-refractivity contribution is 9.11. The molecule has 0 aromatic heterocycles. The van der Waals surface area contributed by atoms with Crippen molar-refractivity contribution >= 4 is 37.8 Å². The van der Waals surface area contributed by atoms with Gasteiger partial charge in [-0.2, -0.15) is 0 Å². The van der Waals surface area contributed by atoms with E-state index in [0.29, 0.717) is 18.8 Å². The van der Waals surface area contributed by atoms with E-state index in [4.69, 9.17) is 9.84 Å². The Labute approximate surface area is 123 Å². The molecule has 3 nitrogen and oxygen atoms in total. The van der Waals surface area contributed by atoms with Crippen LogP contribution in [0.4, 0.5) is 0 Å².